The van der Waals surface area contributed by atoms with Gasteiger partial charge in [0.25, 0.3) is 0 Å². The van der Waals surface area contributed by atoms with Crippen molar-refractivity contribution in [1.82, 2.24) is 15.1 Å². The van der Waals surface area contributed by atoms with E-state index in [0.717, 1.165) is 32.4 Å². The standard InChI is InChI=1S/C17H31N3O3/c1-16(8-11-19(3)12-9-16)15(22)20-10-4-6-17(23,13-20)7-5-14(21)18-2/h23H,4-13H2,1-3H3,(H,18,21)/t17-/m1/s1. The van der Waals surface area contributed by atoms with Gasteiger partial charge in [-0.1, -0.05) is 6.92 Å². The van der Waals surface area contributed by atoms with Crippen LogP contribution in [0.15, 0.2) is 0 Å². The summed E-state index contributed by atoms with van der Waals surface area (Å²) >= 11 is 0. The van der Waals surface area contributed by atoms with E-state index in [2.05, 4.69) is 24.2 Å². The third kappa shape index (κ3) is 4.44. The van der Waals surface area contributed by atoms with Crippen LogP contribution in [0.2, 0.25) is 0 Å². The topological polar surface area (TPSA) is 72.9 Å². The summed E-state index contributed by atoms with van der Waals surface area (Å²) in [6.07, 6.45) is 3.91. The predicted molar refractivity (Wildman–Crippen MR) is 88.9 cm³/mol. The van der Waals surface area contributed by atoms with Gasteiger partial charge in [-0.2, -0.15) is 0 Å². The Morgan fingerprint density at radius 3 is 2.43 bits per heavy atom. The molecule has 0 radical (unpaired) electrons. The Hall–Kier alpha value is -1.14. The van der Waals surface area contributed by atoms with E-state index in [9.17, 15) is 14.7 Å². The van der Waals surface area contributed by atoms with Crippen LogP contribution in [0.25, 0.3) is 0 Å². The fourth-order valence-corrected chi connectivity index (χ4v) is 3.67. The number of amides is 2. The highest BCUT2D eigenvalue weighted by molar-refractivity contribution is 5.82. The average Bonchev–Trinajstić information content (AvgIpc) is 2.55. The molecule has 2 N–H and O–H groups in total. The molecule has 6 heteroatoms. The van der Waals surface area contributed by atoms with Gasteiger partial charge in [-0.15, -0.1) is 0 Å². The number of rotatable bonds is 4. The van der Waals surface area contributed by atoms with E-state index in [0.29, 0.717) is 32.4 Å². The average molecular weight is 325 g/mol. The van der Waals surface area contributed by atoms with Crippen LogP contribution in [-0.4, -0.2) is 72.6 Å². The zero-order valence-corrected chi connectivity index (χ0v) is 14.7. The molecule has 0 spiro atoms. The van der Waals surface area contributed by atoms with Crippen molar-refractivity contribution in [2.75, 3.05) is 40.3 Å². The van der Waals surface area contributed by atoms with Gasteiger partial charge >= 0.3 is 0 Å². The number of aliphatic hydroxyl groups is 1. The smallest absolute Gasteiger partial charge is 0.228 e. The van der Waals surface area contributed by atoms with Crippen LogP contribution in [0.5, 0.6) is 0 Å². The number of nitrogens with zero attached hydrogens (tertiary/aromatic N) is 2. The molecule has 2 rings (SSSR count). The first-order chi connectivity index (χ1) is 10.8. The van der Waals surface area contributed by atoms with Gasteiger partial charge in [-0.05, 0) is 52.2 Å². The molecule has 0 aromatic heterocycles. The molecule has 2 heterocycles. The molecule has 2 aliphatic heterocycles. The number of hydrogen-bond acceptors (Lipinski definition) is 4. The molecule has 2 aliphatic rings. The van der Waals surface area contributed by atoms with Crippen molar-refractivity contribution in [3.8, 4) is 0 Å². The number of carbonyl (C=O) groups excluding carboxylic acids is 2. The summed E-state index contributed by atoms with van der Waals surface area (Å²) < 4.78 is 0. The Balaban J connectivity index is 1.97. The molecule has 0 aromatic carbocycles. The van der Waals surface area contributed by atoms with E-state index in [1.165, 1.54) is 0 Å². The third-order valence-corrected chi connectivity index (χ3v) is 5.55. The fraction of sp³-hybridized carbons (Fsp3) is 0.882. The lowest BCUT2D eigenvalue weighted by molar-refractivity contribution is -0.151. The minimum Gasteiger partial charge on any atom is -0.388 e. The van der Waals surface area contributed by atoms with Gasteiger partial charge in [0.1, 0.15) is 0 Å². The van der Waals surface area contributed by atoms with E-state index in [1.54, 1.807) is 7.05 Å². The fourth-order valence-electron chi connectivity index (χ4n) is 3.67. The first kappa shape index (κ1) is 18.2. The van der Waals surface area contributed by atoms with E-state index in [1.807, 2.05) is 4.90 Å². The minimum absolute atomic E-state index is 0.0656. The van der Waals surface area contributed by atoms with Crippen molar-refractivity contribution in [3.05, 3.63) is 0 Å². The summed E-state index contributed by atoms with van der Waals surface area (Å²) in [5, 5.41) is 13.4. The monoisotopic (exact) mass is 325 g/mol. The lowest BCUT2D eigenvalue weighted by atomic mass is 9.78. The maximum atomic E-state index is 13.0. The predicted octanol–water partition coefficient (Wildman–Crippen LogP) is 0.598. The Morgan fingerprint density at radius 1 is 1.17 bits per heavy atom. The summed E-state index contributed by atoms with van der Waals surface area (Å²) in [6.45, 7) is 5.01. The Morgan fingerprint density at radius 2 is 1.83 bits per heavy atom. The van der Waals surface area contributed by atoms with E-state index < -0.39 is 5.60 Å². The third-order valence-electron chi connectivity index (χ3n) is 5.55. The molecule has 6 nitrogen and oxygen atoms in total. The number of β-amino-alcohol motifs (C(OH)–C–C–N with tert-alkyl or cyclic N) is 1. The largest absolute Gasteiger partial charge is 0.388 e. The van der Waals surface area contributed by atoms with Crippen LogP contribution in [0.3, 0.4) is 0 Å². The zero-order valence-electron chi connectivity index (χ0n) is 14.7. The molecular weight excluding hydrogens is 294 g/mol. The molecule has 2 fully saturated rings. The SMILES string of the molecule is CNC(=O)CC[C@]1(O)CCCN(C(=O)C2(C)CCN(C)CC2)C1. The number of carbonyl (C=O) groups is 2. The Labute approximate surface area is 139 Å². The zero-order chi connectivity index (χ0) is 17.1. The molecule has 0 unspecified atom stereocenters. The molecule has 0 aromatic rings. The van der Waals surface area contributed by atoms with Crippen LogP contribution >= 0.6 is 0 Å². The molecule has 0 bridgehead atoms. The highest BCUT2D eigenvalue weighted by Crippen LogP contribution is 2.35. The molecular formula is C17H31N3O3. The van der Waals surface area contributed by atoms with E-state index in [4.69, 9.17) is 0 Å². The normalized spacial score (nSPS) is 28.4. The molecule has 2 amide bonds. The van der Waals surface area contributed by atoms with Crippen LogP contribution in [0.1, 0.15) is 45.4 Å². The summed E-state index contributed by atoms with van der Waals surface area (Å²) in [7, 11) is 3.69. The molecule has 0 aliphatic carbocycles. The van der Waals surface area contributed by atoms with Gasteiger partial charge in [-0.3, -0.25) is 9.59 Å². The summed E-state index contributed by atoms with van der Waals surface area (Å²) in [5.41, 5.74) is -1.24. The second-order valence-corrected chi connectivity index (χ2v) is 7.59. The van der Waals surface area contributed by atoms with E-state index in [-0.39, 0.29) is 17.2 Å². The Kier molecular flexibility index (Phi) is 5.68. The molecule has 23 heavy (non-hydrogen) atoms. The second-order valence-electron chi connectivity index (χ2n) is 7.59. The lowest BCUT2D eigenvalue weighted by Crippen LogP contribution is -2.55. The van der Waals surface area contributed by atoms with Crippen molar-refractivity contribution in [2.45, 2.75) is 51.0 Å². The summed E-state index contributed by atoms with van der Waals surface area (Å²) in [5.74, 6) is 0.104. The van der Waals surface area contributed by atoms with E-state index >= 15 is 0 Å². The van der Waals surface area contributed by atoms with Crippen LogP contribution in [-0.2, 0) is 9.59 Å². The number of nitrogens with one attached hydrogen (secondary N) is 1. The molecule has 132 valence electrons. The van der Waals surface area contributed by atoms with Gasteiger partial charge in [0.15, 0.2) is 0 Å². The molecule has 1 atom stereocenters. The van der Waals surface area contributed by atoms with Crippen molar-refractivity contribution in [2.24, 2.45) is 5.41 Å². The van der Waals surface area contributed by atoms with Gasteiger partial charge in [-0.25, -0.2) is 0 Å². The molecule has 0 saturated carbocycles. The first-order valence-electron chi connectivity index (χ1n) is 8.69. The number of likely N-dealkylation sites (tertiary alicyclic amines) is 2. The second kappa shape index (κ2) is 7.18. The quantitative estimate of drug-likeness (QED) is 0.794. The maximum absolute atomic E-state index is 13.0. The Bertz CT molecular complexity index is 446. The van der Waals surface area contributed by atoms with Crippen molar-refractivity contribution in [1.29, 1.82) is 0 Å². The highest BCUT2D eigenvalue weighted by atomic mass is 16.3. The highest BCUT2D eigenvalue weighted by Gasteiger charge is 2.43. The number of piperidine rings is 2. The van der Waals surface area contributed by atoms with Gasteiger partial charge in [0, 0.05) is 32.0 Å². The summed E-state index contributed by atoms with van der Waals surface area (Å²) in [4.78, 5) is 28.5. The maximum Gasteiger partial charge on any atom is 0.228 e. The van der Waals surface area contributed by atoms with Gasteiger partial charge in [0.2, 0.25) is 11.8 Å². The molecule has 2 saturated heterocycles. The summed E-state index contributed by atoms with van der Waals surface area (Å²) in [6, 6.07) is 0. The van der Waals surface area contributed by atoms with Crippen molar-refractivity contribution >= 4 is 11.8 Å². The lowest BCUT2D eigenvalue weighted by Gasteiger charge is -2.45. The van der Waals surface area contributed by atoms with Crippen LogP contribution in [0, 0.1) is 5.41 Å². The van der Waals surface area contributed by atoms with Crippen molar-refractivity contribution < 1.29 is 14.7 Å². The number of hydrogen-bond donors (Lipinski definition) is 2. The van der Waals surface area contributed by atoms with Crippen LogP contribution in [0.4, 0.5) is 0 Å². The minimum atomic E-state index is -0.928. The van der Waals surface area contributed by atoms with Gasteiger partial charge in [0.05, 0.1) is 5.60 Å². The first-order valence-corrected chi connectivity index (χ1v) is 8.69. The van der Waals surface area contributed by atoms with Gasteiger partial charge < -0.3 is 20.2 Å². The van der Waals surface area contributed by atoms with Crippen LogP contribution < -0.4 is 5.32 Å². The van der Waals surface area contributed by atoms with Crippen molar-refractivity contribution in [3.63, 3.8) is 0 Å².